The van der Waals surface area contributed by atoms with Gasteiger partial charge in [-0.3, -0.25) is 14.2 Å². The molecule has 2 aromatic heterocycles. The van der Waals surface area contributed by atoms with Crippen molar-refractivity contribution >= 4 is 22.8 Å². The number of hydrogen-bond donors (Lipinski definition) is 1. The lowest BCUT2D eigenvalue weighted by molar-refractivity contribution is -0.130. The molecule has 3 aromatic rings. The third kappa shape index (κ3) is 6.41. The first kappa shape index (κ1) is 33.9. The summed E-state index contributed by atoms with van der Waals surface area (Å²) in [6.45, 7) is 6.27. The lowest BCUT2D eigenvalue weighted by Gasteiger charge is -2.37. The average molecular weight is 664 g/mol. The number of alkyl halides is 2. The number of fused-ring (bicyclic) bond motifs is 9. The van der Waals surface area contributed by atoms with Crippen molar-refractivity contribution in [3.05, 3.63) is 63.5 Å². The van der Waals surface area contributed by atoms with Gasteiger partial charge in [-0.1, -0.05) is 37.5 Å². The molecule has 2 fully saturated rings. The molecule has 48 heavy (non-hydrogen) atoms. The number of nitrogens with one attached hydrogen (secondary N) is 1. The molecule has 1 amide bonds. The van der Waals surface area contributed by atoms with E-state index < -0.39 is 34.7 Å². The lowest BCUT2D eigenvalue weighted by Crippen LogP contribution is -2.46. The zero-order valence-electron chi connectivity index (χ0n) is 27.8. The number of carbonyl (C=O) groups excluding carboxylic acids is 1. The van der Waals surface area contributed by atoms with Crippen LogP contribution in [-0.2, 0) is 22.7 Å². The number of halogens is 3. The van der Waals surface area contributed by atoms with E-state index in [-0.39, 0.29) is 17.0 Å². The molecule has 0 saturated carbocycles. The van der Waals surface area contributed by atoms with E-state index >= 15 is 13.2 Å². The van der Waals surface area contributed by atoms with Gasteiger partial charge in [0.2, 0.25) is 5.91 Å². The molecule has 7 rings (SSSR count). The number of piperidine rings is 2. The van der Waals surface area contributed by atoms with E-state index in [0.717, 1.165) is 38.6 Å². The van der Waals surface area contributed by atoms with Crippen molar-refractivity contribution in [3.63, 3.8) is 0 Å². The van der Waals surface area contributed by atoms with Crippen molar-refractivity contribution in [1.29, 1.82) is 5.26 Å². The minimum Gasteiger partial charge on any atom is -0.363 e. The second kappa shape index (κ2) is 13.9. The highest BCUT2D eigenvalue weighted by molar-refractivity contribution is 5.87. The number of anilines is 1. The summed E-state index contributed by atoms with van der Waals surface area (Å²) < 4.78 is 49.6. The molecule has 1 N–H and O–H groups in total. The lowest BCUT2D eigenvalue weighted by atomic mass is 9.74. The van der Waals surface area contributed by atoms with E-state index in [2.05, 4.69) is 26.3 Å². The first-order valence-electron chi connectivity index (χ1n) is 17.3. The van der Waals surface area contributed by atoms with Gasteiger partial charge in [0, 0.05) is 43.6 Å². The predicted molar refractivity (Wildman–Crippen MR) is 177 cm³/mol. The van der Waals surface area contributed by atoms with Gasteiger partial charge >= 0.3 is 0 Å². The number of nitriles is 1. The van der Waals surface area contributed by atoms with Crippen molar-refractivity contribution in [3.8, 4) is 6.07 Å². The number of hydrogen-bond acceptors (Lipinski definition) is 7. The third-order valence-electron chi connectivity index (χ3n) is 10.8. The largest absolute Gasteiger partial charge is 0.363 e. The van der Waals surface area contributed by atoms with Gasteiger partial charge in [-0.25, -0.2) is 23.1 Å². The van der Waals surface area contributed by atoms with Gasteiger partial charge in [-0.05, 0) is 71.1 Å². The molecule has 4 aliphatic rings. The van der Waals surface area contributed by atoms with Gasteiger partial charge in [0.25, 0.3) is 11.5 Å². The number of pyridine rings is 1. The minimum atomic E-state index is -3.32. The summed E-state index contributed by atoms with van der Waals surface area (Å²) in [5, 5.41) is 14.2. The Labute approximate surface area is 279 Å². The van der Waals surface area contributed by atoms with Crippen LogP contribution in [0, 0.1) is 23.1 Å². The van der Waals surface area contributed by atoms with Crippen molar-refractivity contribution < 1.29 is 18.0 Å². The molecule has 0 unspecified atom stereocenters. The first-order chi connectivity index (χ1) is 23.1. The maximum absolute atomic E-state index is 16.1. The molecule has 6 heterocycles. The minimum absolute atomic E-state index is 0.0770. The summed E-state index contributed by atoms with van der Waals surface area (Å²) in [4.78, 5) is 39.2. The molecule has 1 atom stereocenters. The number of amides is 1. The SMILES string of the molecule is CC(=O)N1CCC(C#N)(c2cc3c4ncnc3n(c2=O)CCCCCCCN2CCC(CC2)C(F)(F)c2cccc(c2F)[C@@H](C)N4)CC1. The molecule has 12 heteroatoms. The van der Waals surface area contributed by atoms with Crippen LogP contribution in [0.25, 0.3) is 11.0 Å². The molecule has 1 aromatic carbocycles. The Hall–Kier alpha value is -3.98. The van der Waals surface area contributed by atoms with Gasteiger partial charge in [-0.15, -0.1) is 0 Å². The van der Waals surface area contributed by atoms with Crippen LogP contribution >= 0.6 is 0 Å². The zero-order valence-corrected chi connectivity index (χ0v) is 27.8. The number of nitrogens with zero attached hydrogens (tertiary/aromatic N) is 6. The topological polar surface area (TPSA) is 107 Å². The maximum Gasteiger partial charge on any atom is 0.278 e. The maximum atomic E-state index is 16.1. The molecule has 256 valence electrons. The van der Waals surface area contributed by atoms with E-state index in [1.165, 1.54) is 31.5 Å². The summed E-state index contributed by atoms with van der Waals surface area (Å²) in [6.07, 6.45) is 7.12. The normalized spacial score (nSPS) is 24.8. The van der Waals surface area contributed by atoms with Crippen LogP contribution in [0.15, 0.2) is 35.4 Å². The van der Waals surface area contributed by atoms with Crippen LogP contribution in [0.2, 0.25) is 0 Å². The summed E-state index contributed by atoms with van der Waals surface area (Å²) in [5.41, 5.74) is -1.21. The quantitative estimate of drug-likeness (QED) is 0.327. The molecular weight excluding hydrogens is 619 g/mol. The Kier molecular flexibility index (Phi) is 9.79. The summed E-state index contributed by atoms with van der Waals surface area (Å²) in [5.74, 6) is -4.96. The number of rotatable bonds is 1. The van der Waals surface area contributed by atoms with Crippen LogP contribution in [0.3, 0.4) is 0 Å². The molecule has 0 aliphatic carbocycles. The van der Waals surface area contributed by atoms with E-state index in [9.17, 15) is 14.9 Å². The van der Waals surface area contributed by atoms with E-state index in [4.69, 9.17) is 0 Å². The predicted octanol–water partition coefficient (Wildman–Crippen LogP) is 6.28. The highest BCUT2D eigenvalue weighted by atomic mass is 19.3. The molecular formula is C36H44F3N7O2. The highest BCUT2D eigenvalue weighted by Gasteiger charge is 2.45. The van der Waals surface area contributed by atoms with E-state index in [1.807, 2.05) is 0 Å². The Morgan fingerprint density at radius 1 is 0.979 bits per heavy atom. The van der Waals surface area contributed by atoms with Crippen LogP contribution in [-0.4, -0.2) is 63.0 Å². The van der Waals surface area contributed by atoms with Crippen molar-refractivity contribution in [2.75, 3.05) is 38.0 Å². The Balaban J connectivity index is 1.44. The molecule has 0 spiro atoms. The van der Waals surface area contributed by atoms with Crippen molar-refractivity contribution in [2.24, 2.45) is 5.92 Å². The number of carbonyl (C=O) groups is 1. The second-order valence-electron chi connectivity index (χ2n) is 13.8. The number of aromatic nitrogens is 3. The van der Waals surface area contributed by atoms with Crippen molar-refractivity contribution in [2.45, 2.75) is 95.6 Å². The number of aryl methyl sites for hydroxylation is 1. The monoisotopic (exact) mass is 663 g/mol. The smallest absolute Gasteiger partial charge is 0.278 e. The molecule has 4 aliphatic heterocycles. The molecule has 9 nitrogen and oxygen atoms in total. The Bertz CT molecular complexity index is 1750. The Morgan fingerprint density at radius 3 is 2.35 bits per heavy atom. The summed E-state index contributed by atoms with van der Waals surface area (Å²) in [6, 6.07) is 7.49. The fourth-order valence-electron chi connectivity index (χ4n) is 7.79. The van der Waals surface area contributed by atoms with Crippen LogP contribution in [0.1, 0.15) is 94.4 Å². The van der Waals surface area contributed by atoms with Gasteiger partial charge in [-0.2, -0.15) is 5.26 Å². The van der Waals surface area contributed by atoms with Gasteiger partial charge in [0.05, 0.1) is 28.5 Å². The van der Waals surface area contributed by atoms with E-state index in [0.29, 0.717) is 80.8 Å². The zero-order chi connectivity index (χ0) is 34.1. The third-order valence-corrected chi connectivity index (χ3v) is 10.8. The second-order valence-corrected chi connectivity index (χ2v) is 13.8. The van der Waals surface area contributed by atoms with Gasteiger partial charge in [0.15, 0.2) is 0 Å². The molecule has 2 saturated heterocycles. The standard InChI is InChI=1S/C36H44F3N7O2/c1-24-27-9-8-10-29(31(27)37)36(38,39)26-11-17-44(18-12-26)15-6-4-3-5-7-16-46-33-28(32(43-24)41-23-42-33)21-30(34(46)48)35(22-40)13-19-45(20-14-35)25(2)47/h8-10,21,23-24,26H,3-7,11-20H2,1-2H3,(H,41,42,43)/t24-/m1/s1. The summed E-state index contributed by atoms with van der Waals surface area (Å²) in [7, 11) is 0. The average Bonchev–Trinajstić information content (AvgIpc) is 3.08. The fraction of sp³-hybridized carbons (Fsp3) is 0.583. The van der Waals surface area contributed by atoms with Gasteiger partial charge in [0.1, 0.15) is 23.6 Å². The highest BCUT2D eigenvalue weighted by Crippen LogP contribution is 2.44. The molecule has 8 bridgehead atoms. The number of likely N-dealkylation sites (tertiary alicyclic amines) is 1. The van der Waals surface area contributed by atoms with Crippen LogP contribution in [0.4, 0.5) is 19.0 Å². The van der Waals surface area contributed by atoms with E-state index in [1.54, 1.807) is 22.5 Å². The number of benzene rings is 1. The summed E-state index contributed by atoms with van der Waals surface area (Å²) >= 11 is 0. The molecule has 0 radical (unpaired) electrons. The Morgan fingerprint density at radius 2 is 1.67 bits per heavy atom. The van der Waals surface area contributed by atoms with Gasteiger partial charge < -0.3 is 15.1 Å². The fourth-order valence-corrected chi connectivity index (χ4v) is 7.79. The van der Waals surface area contributed by atoms with Crippen molar-refractivity contribution in [1.82, 2.24) is 24.3 Å². The van der Waals surface area contributed by atoms with Crippen LogP contribution < -0.4 is 10.9 Å². The van der Waals surface area contributed by atoms with Crippen LogP contribution in [0.5, 0.6) is 0 Å². The first-order valence-corrected chi connectivity index (χ1v) is 17.3.